The predicted octanol–water partition coefficient (Wildman–Crippen LogP) is 7.15. The zero-order valence-electron chi connectivity index (χ0n) is 42.3. The van der Waals surface area contributed by atoms with E-state index in [9.17, 15) is 24.6 Å². The Labute approximate surface area is 425 Å². The molecule has 4 N–H and O–H groups in total. The summed E-state index contributed by atoms with van der Waals surface area (Å²) in [5.41, 5.74) is 6.22. The van der Waals surface area contributed by atoms with Crippen molar-refractivity contribution < 1.29 is 24.5 Å². The Morgan fingerprint density at radius 1 is 0.781 bits per heavy atom. The molecule has 6 heterocycles. The van der Waals surface area contributed by atoms with Crippen molar-refractivity contribution in [2.24, 2.45) is 11.8 Å². The summed E-state index contributed by atoms with van der Waals surface area (Å²) >= 11 is 0. The van der Waals surface area contributed by atoms with E-state index in [0.29, 0.717) is 70.4 Å². The van der Waals surface area contributed by atoms with Crippen LogP contribution in [-0.4, -0.2) is 141 Å². The first-order valence-electron chi connectivity index (χ1n) is 25.8. The fraction of sp³-hybridized carbons (Fsp3) is 0.418. The number of piperazine rings is 1. The standard InChI is InChI=1S/C55H66N12O6/c1-5-9-39-30-43(48(69)32-47(39)68)50-59-60-55(72)67(50)40-14-12-36(13-15-40)34-63-26-28-64(29-27-63)35-37-18-22-66(23-19-37)52(70)38-20-24-65(25-21-38)41-16-17-44(49(31-41)73-6-2)57-54-56-33-46-51(58-54)61(3)45-11-8-7-10-42(45)53(71)62(46)4/h7-8,10-17,30-33,37-38,68-69H,5-6,9,18-29,34-35H2,1-4H3,(H,60,72)(H,56,57,58). The Balaban J connectivity index is 0.672. The molecule has 18 heteroatoms. The molecule has 2 aromatic heterocycles. The van der Waals surface area contributed by atoms with Crippen LogP contribution in [0.1, 0.15) is 67.4 Å². The summed E-state index contributed by atoms with van der Waals surface area (Å²) < 4.78 is 7.59. The number of carbonyl (C=O) groups is 2. The third-order valence-corrected chi connectivity index (χ3v) is 15.1. The molecule has 6 aromatic rings. The van der Waals surface area contributed by atoms with Crippen LogP contribution in [0.5, 0.6) is 17.2 Å². The number of fused-ring (bicyclic) bond motifs is 2. The maximum Gasteiger partial charge on any atom is 0.348 e. The number of phenols is 2. The van der Waals surface area contributed by atoms with Crippen molar-refractivity contribution in [3.05, 3.63) is 112 Å². The van der Waals surface area contributed by atoms with E-state index < -0.39 is 5.69 Å². The second kappa shape index (κ2) is 21.3. The number of nitrogens with zero attached hydrogens (tertiary/aromatic N) is 10. The van der Waals surface area contributed by atoms with Gasteiger partial charge in [-0.15, -0.1) is 0 Å². The van der Waals surface area contributed by atoms with Crippen LogP contribution in [0, 0.1) is 11.8 Å². The van der Waals surface area contributed by atoms with E-state index in [4.69, 9.17) is 9.72 Å². The molecule has 0 spiro atoms. The first-order valence-corrected chi connectivity index (χ1v) is 25.8. The van der Waals surface area contributed by atoms with Gasteiger partial charge in [0.15, 0.2) is 11.6 Å². The van der Waals surface area contributed by atoms with Crippen LogP contribution in [0.25, 0.3) is 17.1 Å². The number of amides is 2. The summed E-state index contributed by atoms with van der Waals surface area (Å²) in [6.45, 7) is 13.5. The summed E-state index contributed by atoms with van der Waals surface area (Å²) in [4.78, 5) is 62.6. The number of anilines is 6. The third-order valence-electron chi connectivity index (χ3n) is 15.1. The van der Waals surface area contributed by atoms with Crippen LogP contribution in [0.2, 0.25) is 0 Å². The average molecular weight is 991 g/mol. The number of ether oxygens (including phenoxy) is 1. The number of nitrogens with one attached hydrogen (secondary N) is 2. The second-order valence-corrected chi connectivity index (χ2v) is 19.8. The average Bonchev–Trinajstić information content (AvgIpc) is 3.77. The highest BCUT2D eigenvalue weighted by Crippen LogP contribution is 2.40. The van der Waals surface area contributed by atoms with Crippen LogP contribution in [0.4, 0.5) is 34.5 Å². The SMILES string of the molecule is CCCc1cc(-c2n[nH]c(=O)n2-c2ccc(CN3CCN(CC4CCN(C(=O)C5CCN(c6ccc(Nc7ncc8c(n7)N(C)c7ccccc7C(=O)N8C)c(OCC)c6)CC5)CC4)CC3)cc2)c(O)cc1O. The summed E-state index contributed by atoms with van der Waals surface area (Å²) in [6.07, 6.45) is 6.81. The number of H-pyrrole nitrogens is 1. The maximum absolute atomic E-state index is 13.9. The van der Waals surface area contributed by atoms with Crippen LogP contribution >= 0.6 is 0 Å². The maximum atomic E-state index is 13.9. The number of hydrogen-bond donors (Lipinski definition) is 4. The molecule has 4 aromatic carbocycles. The molecule has 2 amide bonds. The van der Waals surface area contributed by atoms with Gasteiger partial charge < -0.3 is 44.8 Å². The van der Waals surface area contributed by atoms with Crippen molar-refractivity contribution in [2.75, 3.05) is 99.6 Å². The van der Waals surface area contributed by atoms with Gasteiger partial charge in [0.05, 0.1) is 41.0 Å². The molecule has 3 fully saturated rings. The fourth-order valence-corrected chi connectivity index (χ4v) is 10.9. The lowest BCUT2D eigenvalue weighted by Gasteiger charge is -2.40. The van der Waals surface area contributed by atoms with Crippen LogP contribution in [0.15, 0.2) is 89.9 Å². The number of benzene rings is 4. The monoisotopic (exact) mass is 991 g/mol. The number of aromatic nitrogens is 5. The minimum Gasteiger partial charge on any atom is -0.508 e. The number of para-hydroxylation sites is 1. The Hall–Kier alpha value is -7.44. The van der Waals surface area contributed by atoms with E-state index in [0.717, 1.165) is 120 Å². The van der Waals surface area contributed by atoms with E-state index in [-0.39, 0.29) is 29.1 Å². The molecule has 0 unspecified atom stereocenters. The lowest BCUT2D eigenvalue weighted by Crippen LogP contribution is -2.49. The van der Waals surface area contributed by atoms with Gasteiger partial charge in [0.2, 0.25) is 11.9 Å². The van der Waals surface area contributed by atoms with Crippen molar-refractivity contribution in [1.29, 1.82) is 0 Å². The van der Waals surface area contributed by atoms with Crippen molar-refractivity contribution >= 4 is 46.3 Å². The molecule has 0 radical (unpaired) electrons. The minimum absolute atomic E-state index is 0.0235. The Bertz CT molecular complexity index is 3010. The number of likely N-dealkylation sites (tertiary alicyclic amines) is 1. The van der Waals surface area contributed by atoms with E-state index in [1.807, 2.05) is 80.4 Å². The Morgan fingerprint density at radius 3 is 2.25 bits per heavy atom. The number of aromatic amines is 1. The van der Waals surface area contributed by atoms with Gasteiger partial charge in [-0.25, -0.2) is 19.4 Å². The van der Waals surface area contributed by atoms with E-state index in [1.165, 1.54) is 10.6 Å². The first kappa shape index (κ1) is 49.2. The van der Waals surface area contributed by atoms with Crippen molar-refractivity contribution in [3.63, 3.8) is 0 Å². The molecule has 10 rings (SSSR count). The smallest absolute Gasteiger partial charge is 0.348 e. The highest BCUT2D eigenvalue weighted by atomic mass is 16.5. The molecule has 0 bridgehead atoms. The minimum atomic E-state index is -0.408. The highest BCUT2D eigenvalue weighted by Gasteiger charge is 2.33. The summed E-state index contributed by atoms with van der Waals surface area (Å²) in [5.74, 6) is 2.64. The molecular formula is C55H66N12O6. The van der Waals surface area contributed by atoms with Gasteiger partial charge in [0, 0.05) is 103 Å². The highest BCUT2D eigenvalue weighted by molar-refractivity contribution is 6.13. The van der Waals surface area contributed by atoms with E-state index in [2.05, 4.69) is 52.2 Å². The Morgan fingerprint density at radius 2 is 1.51 bits per heavy atom. The third kappa shape index (κ3) is 10.3. The number of carbonyl (C=O) groups excluding carboxylic acids is 2. The lowest BCUT2D eigenvalue weighted by molar-refractivity contribution is -0.137. The van der Waals surface area contributed by atoms with Gasteiger partial charge in [-0.05, 0) is 98.5 Å². The number of phenolic OH excluding ortho intramolecular Hbond substituents is 2. The number of aryl methyl sites for hydroxylation is 1. The molecule has 0 atom stereocenters. The van der Waals surface area contributed by atoms with Gasteiger partial charge in [-0.2, -0.15) is 10.1 Å². The van der Waals surface area contributed by atoms with Crippen LogP contribution in [-0.2, 0) is 17.8 Å². The van der Waals surface area contributed by atoms with Gasteiger partial charge in [0.25, 0.3) is 5.91 Å². The second-order valence-electron chi connectivity index (χ2n) is 19.8. The van der Waals surface area contributed by atoms with Crippen molar-refractivity contribution in [2.45, 2.75) is 58.9 Å². The zero-order chi connectivity index (χ0) is 50.8. The quantitative estimate of drug-likeness (QED) is 0.0860. The summed E-state index contributed by atoms with van der Waals surface area (Å²) in [7, 11) is 3.64. The van der Waals surface area contributed by atoms with Crippen LogP contribution < -0.4 is 30.4 Å². The molecule has 4 aliphatic heterocycles. The van der Waals surface area contributed by atoms with Crippen molar-refractivity contribution in [3.8, 4) is 34.3 Å². The number of hydrogen-bond acceptors (Lipinski definition) is 14. The molecule has 4 aliphatic rings. The molecule has 0 saturated carbocycles. The van der Waals surface area contributed by atoms with Crippen molar-refractivity contribution in [1.82, 2.24) is 39.4 Å². The van der Waals surface area contributed by atoms with Gasteiger partial charge in [-0.3, -0.25) is 14.5 Å². The van der Waals surface area contributed by atoms with Gasteiger partial charge in [0.1, 0.15) is 22.9 Å². The molecule has 382 valence electrons. The summed E-state index contributed by atoms with van der Waals surface area (Å²) in [5, 5.41) is 31.1. The lowest BCUT2D eigenvalue weighted by atomic mass is 9.91. The van der Waals surface area contributed by atoms with E-state index >= 15 is 0 Å². The van der Waals surface area contributed by atoms with Gasteiger partial charge in [-0.1, -0.05) is 37.6 Å². The molecular weight excluding hydrogens is 925 g/mol. The molecule has 18 nitrogen and oxygen atoms in total. The van der Waals surface area contributed by atoms with Gasteiger partial charge >= 0.3 is 5.69 Å². The first-order chi connectivity index (χ1) is 35.5. The number of aromatic hydroxyl groups is 2. The largest absolute Gasteiger partial charge is 0.508 e. The van der Waals surface area contributed by atoms with Crippen LogP contribution in [0.3, 0.4) is 0 Å². The molecule has 0 aliphatic carbocycles. The predicted molar refractivity (Wildman–Crippen MR) is 283 cm³/mol. The number of piperidine rings is 2. The zero-order valence-corrected chi connectivity index (χ0v) is 42.3. The Kier molecular flexibility index (Phi) is 14.4. The normalized spacial score (nSPS) is 17.1. The number of rotatable bonds is 14. The van der Waals surface area contributed by atoms with E-state index in [1.54, 1.807) is 24.2 Å². The fourth-order valence-electron chi connectivity index (χ4n) is 10.9. The molecule has 73 heavy (non-hydrogen) atoms. The summed E-state index contributed by atoms with van der Waals surface area (Å²) in [6, 6.07) is 24.6. The molecule has 3 saturated heterocycles. The topological polar surface area (TPSA) is 192 Å².